The molecular weight excluding hydrogens is 190 g/mol. The number of thiocarbonyl (C=S) groups is 1. The molecule has 0 aliphatic carbocycles. The number of hydrogen-bond donors (Lipinski definition) is 1. The molecule has 0 heterocycles. The fourth-order valence-electron chi connectivity index (χ4n) is 1.58. The van der Waals surface area contributed by atoms with Crippen molar-refractivity contribution in [2.24, 2.45) is 5.92 Å². The molecule has 82 valence electrons. The van der Waals surface area contributed by atoms with Gasteiger partial charge in [-0.3, -0.25) is 0 Å². The summed E-state index contributed by atoms with van der Waals surface area (Å²) in [5.74, 6) is 0.604. The molecule has 0 saturated carbocycles. The summed E-state index contributed by atoms with van der Waals surface area (Å²) in [5.41, 5.74) is 1.28. The molecule has 0 aromatic heterocycles. The fourth-order valence-corrected chi connectivity index (χ4v) is 1.70. The Hall–Kier alpha value is -0.370. The van der Waals surface area contributed by atoms with Gasteiger partial charge in [-0.1, -0.05) is 58.0 Å². The van der Waals surface area contributed by atoms with Crippen LogP contribution < -0.4 is 5.32 Å². The average Bonchev–Trinajstić information content (AvgIpc) is 2.13. The van der Waals surface area contributed by atoms with Crippen LogP contribution in [0.25, 0.3) is 0 Å². The molecular formula is C12H23NS. The van der Waals surface area contributed by atoms with E-state index in [1.165, 1.54) is 5.57 Å². The summed E-state index contributed by atoms with van der Waals surface area (Å²) in [6, 6.07) is 0.359. The van der Waals surface area contributed by atoms with Crippen LogP contribution in [-0.2, 0) is 0 Å². The molecule has 0 aliphatic rings. The average molecular weight is 213 g/mol. The Balaban J connectivity index is 4.37. The van der Waals surface area contributed by atoms with Gasteiger partial charge in [0.25, 0.3) is 0 Å². The highest BCUT2D eigenvalue weighted by molar-refractivity contribution is 7.80. The van der Waals surface area contributed by atoms with Gasteiger partial charge >= 0.3 is 0 Å². The summed E-state index contributed by atoms with van der Waals surface area (Å²) in [6.07, 6.45) is 3.40. The van der Waals surface area contributed by atoms with Crippen LogP contribution in [0.15, 0.2) is 12.2 Å². The van der Waals surface area contributed by atoms with Crippen molar-refractivity contribution in [1.29, 1.82) is 0 Å². The lowest BCUT2D eigenvalue weighted by Gasteiger charge is -2.26. The van der Waals surface area contributed by atoms with Gasteiger partial charge in [-0.05, 0) is 19.3 Å². The van der Waals surface area contributed by atoms with Crippen LogP contribution >= 0.6 is 12.2 Å². The highest BCUT2D eigenvalue weighted by atomic mass is 32.1. The maximum Gasteiger partial charge on any atom is 0.0726 e. The normalized spacial score (nSPS) is 14.6. The Morgan fingerprint density at radius 2 is 2.00 bits per heavy atom. The highest BCUT2D eigenvalue weighted by Crippen LogP contribution is 2.18. The summed E-state index contributed by atoms with van der Waals surface area (Å²) in [4.78, 5) is 0.868. The van der Waals surface area contributed by atoms with Crippen molar-refractivity contribution in [2.75, 3.05) is 0 Å². The summed E-state index contributed by atoms with van der Waals surface area (Å²) in [5, 5.41) is 3.35. The topological polar surface area (TPSA) is 12.0 Å². The van der Waals surface area contributed by atoms with Crippen molar-refractivity contribution in [1.82, 2.24) is 5.32 Å². The molecule has 1 N–H and O–H groups in total. The van der Waals surface area contributed by atoms with Crippen molar-refractivity contribution >= 4 is 17.2 Å². The number of rotatable bonds is 6. The van der Waals surface area contributed by atoms with E-state index in [1.807, 2.05) is 6.92 Å². The third kappa shape index (κ3) is 4.75. The maximum atomic E-state index is 5.09. The fraction of sp³-hybridized carbons (Fsp3) is 0.750. The molecule has 0 saturated heterocycles. The second-order valence-electron chi connectivity index (χ2n) is 3.97. The Morgan fingerprint density at radius 1 is 1.43 bits per heavy atom. The van der Waals surface area contributed by atoms with Gasteiger partial charge in [0.2, 0.25) is 0 Å². The highest BCUT2D eigenvalue weighted by Gasteiger charge is 2.17. The number of hydrogen-bond acceptors (Lipinski definition) is 1. The van der Waals surface area contributed by atoms with Gasteiger partial charge in [0.1, 0.15) is 0 Å². The molecule has 2 heteroatoms. The van der Waals surface area contributed by atoms with E-state index in [1.54, 1.807) is 0 Å². The van der Waals surface area contributed by atoms with Gasteiger partial charge in [-0.15, -0.1) is 0 Å². The monoisotopic (exact) mass is 213 g/mol. The first-order valence-corrected chi connectivity index (χ1v) is 5.88. The van der Waals surface area contributed by atoms with E-state index in [0.29, 0.717) is 12.0 Å². The Bertz CT molecular complexity index is 198. The first-order chi connectivity index (χ1) is 6.52. The molecule has 0 aromatic rings. The molecule has 0 aliphatic heterocycles. The van der Waals surface area contributed by atoms with E-state index < -0.39 is 0 Å². The Kier molecular flexibility index (Phi) is 6.81. The number of nitrogens with one attached hydrogen (secondary N) is 1. The molecule has 0 radical (unpaired) electrons. The van der Waals surface area contributed by atoms with Crippen LogP contribution in [-0.4, -0.2) is 11.0 Å². The molecule has 14 heavy (non-hydrogen) atoms. The zero-order valence-electron chi connectivity index (χ0n) is 9.89. The second kappa shape index (κ2) is 6.99. The molecule has 0 fully saturated rings. The predicted molar refractivity (Wildman–Crippen MR) is 68.7 cm³/mol. The van der Waals surface area contributed by atoms with Crippen molar-refractivity contribution in [3.8, 4) is 0 Å². The quantitative estimate of drug-likeness (QED) is 0.533. The summed E-state index contributed by atoms with van der Waals surface area (Å²) in [6.45, 7) is 12.7. The molecule has 2 atom stereocenters. The summed E-state index contributed by atoms with van der Waals surface area (Å²) in [7, 11) is 0. The predicted octanol–water partition coefficient (Wildman–Crippen LogP) is 3.69. The van der Waals surface area contributed by atoms with Gasteiger partial charge in [0.05, 0.1) is 11.0 Å². The van der Waals surface area contributed by atoms with E-state index in [4.69, 9.17) is 12.2 Å². The summed E-state index contributed by atoms with van der Waals surface area (Å²) >= 11 is 5.09. The van der Waals surface area contributed by atoms with Gasteiger partial charge < -0.3 is 5.32 Å². The van der Waals surface area contributed by atoms with E-state index >= 15 is 0 Å². The molecule has 1 nitrogen and oxygen atoms in total. The molecule has 2 unspecified atom stereocenters. The van der Waals surface area contributed by atoms with E-state index in [-0.39, 0.29) is 0 Å². The Labute approximate surface area is 94.0 Å². The maximum absolute atomic E-state index is 5.09. The second-order valence-corrected chi connectivity index (χ2v) is 4.58. The SMILES string of the molecule is C=C(CCC)C(NC(C)=S)C(C)CC. The van der Waals surface area contributed by atoms with Gasteiger partial charge in [0.15, 0.2) is 0 Å². The van der Waals surface area contributed by atoms with Crippen LogP contribution in [0.4, 0.5) is 0 Å². The lowest BCUT2D eigenvalue weighted by molar-refractivity contribution is 0.446. The lowest BCUT2D eigenvalue weighted by Crippen LogP contribution is -2.38. The van der Waals surface area contributed by atoms with Crippen LogP contribution in [0.1, 0.15) is 47.0 Å². The molecule has 0 spiro atoms. The van der Waals surface area contributed by atoms with Crippen molar-refractivity contribution in [3.05, 3.63) is 12.2 Å². The van der Waals surface area contributed by atoms with Gasteiger partial charge in [-0.25, -0.2) is 0 Å². The van der Waals surface area contributed by atoms with E-state index in [0.717, 1.165) is 24.3 Å². The lowest BCUT2D eigenvalue weighted by atomic mass is 9.91. The van der Waals surface area contributed by atoms with Crippen LogP contribution in [0.2, 0.25) is 0 Å². The first kappa shape index (κ1) is 13.6. The summed E-state index contributed by atoms with van der Waals surface area (Å²) < 4.78 is 0. The minimum atomic E-state index is 0.359. The minimum absolute atomic E-state index is 0.359. The molecule has 0 rings (SSSR count). The molecule has 0 amide bonds. The third-order valence-electron chi connectivity index (χ3n) is 2.58. The van der Waals surface area contributed by atoms with Crippen LogP contribution in [0.5, 0.6) is 0 Å². The van der Waals surface area contributed by atoms with Gasteiger partial charge in [-0.2, -0.15) is 0 Å². The van der Waals surface area contributed by atoms with Crippen molar-refractivity contribution in [3.63, 3.8) is 0 Å². The van der Waals surface area contributed by atoms with E-state index in [9.17, 15) is 0 Å². The minimum Gasteiger partial charge on any atom is -0.373 e. The molecule has 0 bridgehead atoms. The largest absolute Gasteiger partial charge is 0.373 e. The van der Waals surface area contributed by atoms with Crippen LogP contribution in [0.3, 0.4) is 0 Å². The van der Waals surface area contributed by atoms with Crippen LogP contribution in [0, 0.1) is 5.92 Å². The first-order valence-electron chi connectivity index (χ1n) is 5.47. The third-order valence-corrected chi connectivity index (χ3v) is 2.70. The van der Waals surface area contributed by atoms with Crippen molar-refractivity contribution in [2.45, 2.75) is 53.0 Å². The Morgan fingerprint density at radius 3 is 2.36 bits per heavy atom. The van der Waals surface area contributed by atoms with Crippen molar-refractivity contribution < 1.29 is 0 Å². The smallest absolute Gasteiger partial charge is 0.0726 e. The zero-order chi connectivity index (χ0) is 11.1. The molecule has 0 aromatic carbocycles. The zero-order valence-corrected chi connectivity index (χ0v) is 10.7. The standard InChI is InChI=1S/C12H23NS/c1-6-8-10(4)12(9(3)7-2)13-11(5)14/h9,12H,4,6-8H2,1-3,5H3,(H,13,14). The van der Waals surface area contributed by atoms with Gasteiger partial charge in [0, 0.05) is 0 Å². The van der Waals surface area contributed by atoms with E-state index in [2.05, 4.69) is 32.7 Å².